The molecule has 1 N–H and O–H groups in total. The summed E-state index contributed by atoms with van der Waals surface area (Å²) < 4.78 is 4.78. The maximum absolute atomic E-state index is 12.6. The van der Waals surface area contributed by atoms with Gasteiger partial charge in [-0.1, -0.05) is 30.3 Å². The summed E-state index contributed by atoms with van der Waals surface area (Å²) >= 11 is 1.58. The number of β-lactam (4-membered cyclic amide) rings is 1. The number of esters is 1. The molecule has 1 aromatic rings. The molecule has 2 aliphatic heterocycles. The van der Waals surface area contributed by atoms with Crippen molar-refractivity contribution in [2.45, 2.75) is 42.9 Å². The highest BCUT2D eigenvalue weighted by Crippen LogP contribution is 2.51. The van der Waals surface area contributed by atoms with E-state index in [1.54, 1.807) is 23.6 Å². The Kier molecular flexibility index (Phi) is 4.53. The highest BCUT2D eigenvalue weighted by Gasteiger charge is 2.65. The van der Waals surface area contributed by atoms with Crippen molar-refractivity contribution in [3.63, 3.8) is 0 Å². The van der Waals surface area contributed by atoms with E-state index in [-0.39, 0.29) is 40.9 Å². The molecule has 0 bridgehead atoms. The highest BCUT2D eigenvalue weighted by atomic mass is 32.2. The molecule has 0 saturated carbocycles. The minimum atomic E-state index is -0.912. The molecule has 2 saturated heterocycles. The summed E-state index contributed by atoms with van der Waals surface area (Å²) in [7, 11) is 0. The van der Waals surface area contributed by atoms with Crippen LogP contribution in [-0.4, -0.2) is 51.5 Å². The van der Waals surface area contributed by atoms with E-state index in [4.69, 9.17) is 4.74 Å². The minimum Gasteiger partial charge on any atom is -0.464 e. The molecule has 0 radical (unpaired) electrons. The van der Waals surface area contributed by atoms with Crippen LogP contribution in [-0.2, 0) is 25.5 Å². The van der Waals surface area contributed by atoms with Gasteiger partial charge in [-0.3, -0.25) is 14.4 Å². The zero-order valence-corrected chi connectivity index (χ0v) is 15.4. The van der Waals surface area contributed by atoms with Crippen molar-refractivity contribution in [3.8, 4) is 0 Å². The van der Waals surface area contributed by atoms with Crippen molar-refractivity contribution >= 4 is 29.5 Å². The molecule has 3 atom stereocenters. The van der Waals surface area contributed by atoms with E-state index >= 15 is 0 Å². The summed E-state index contributed by atoms with van der Waals surface area (Å²) in [4.78, 5) is 37.7. The first-order valence-electron chi connectivity index (χ1n) is 8.21. The van der Waals surface area contributed by atoms with Crippen molar-refractivity contribution in [1.29, 1.82) is 0 Å². The van der Waals surface area contributed by atoms with Gasteiger partial charge >= 0.3 is 5.97 Å². The Morgan fingerprint density at radius 1 is 1.32 bits per heavy atom. The van der Waals surface area contributed by atoms with E-state index in [2.05, 4.69) is 5.32 Å². The monoisotopic (exact) mass is 362 g/mol. The third kappa shape index (κ3) is 3.38. The second kappa shape index (κ2) is 6.37. The van der Waals surface area contributed by atoms with Crippen molar-refractivity contribution in [2.24, 2.45) is 0 Å². The number of nitrogens with zero attached hydrogens (tertiary/aromatic N) is 1. The number of rotatable bonds is 5. The summed E-state index contributed by atoms with van der Waals surface area (Å²) in [6, 6.07) is 9.44. The van der Waals surface area contributed by atoms with Crippen LogP contribution in [0.25, 0.3) is 0 Å². The van der Waals surface area contributed by atoms with Crippen LogP contribution in [0.4, 0.5) is 0 Å². The Labute approximate surface area is 151 Å². The van der Waals surface area contributed by atoms with Gasteiger partial charge in [-0.25, -0.2) is 0 Å². The number of hydrogen-bond acceptors (Lipinski definition) is 5. The molecule has 7 heteroatoms. The molecule has 2 heterocycles. The molecule has 2 amide bonds. The maximum Gasteiger partial charge on any atom is 0.302 e. The van der Waals surface area contributed by atoms with Crippen LogP contribution in [0.15, 0.2) is 30.3 Å². The first kappa shape index (κ1) is 17.8. The van der Waals surface area contributed by atoms with E-state index in [9.17, 15) is 14.4 Å². The molecule has 1 aromatic carbocycles. The topological polar surface area (TPSA) is 75.7 Å². The molecule has 3 rings (SSSR count). The number of amides is 2. The molecule has 2 fully saturated rings. The second-order valence-electron chi connectivity index (χ2n) is 7.05. The van der Waals surface area contributed by atoms with Gasteiger partial charge in [0.05, 0.1) is 11.2 Å². The number of carbonyl (C=O) groups is 3. The number of fused-ring (bicyclic) bond motifs is 1. The lowest BCUT2D eigenvalue weighted by atomic mass is 9.89. The van der Waals surface area contributed by atoms with Gasteiger partial charge in [0, 0.05) is 13.5 Å². The highest BCUT2D eigenvalue weighted by molar-refractivity contribution is 8.01. The molecule has 134 valence electrons. The lowest BCUT2D eigenvalue weighted by molar-refractivity contribution is -0.156. The Balaban J connectivity index is 1.64. The van der Waals surface area contributed by atoms with Crippen LogP contribution in [0.3, 0.4) is 0 Å². The van der Waals surface area contributed by atoms with Crippen LogP contribution in [0.5, 0.6) is 0 Å². The van der Waals surface area contributed by atoms with Crippen LogP contribution in [0.1, 0.15) is 26.3 Å². The number of ether oxygens (including phenoxy) is 1. The number of benzene rings is 1. The van der Waals surface area contributed by atoms with Gasteiger partial charge in [-0.05, 0) is 19.4 Å². The van der Waals surface area contributed by atoms with Crippen molar-refractivity contribution in [1.82, 2.24) is 10.2 Å². The van der Waals surface area contributed by atoms with Crippen LogP contribution >= 0.6 is 11.8 Å². The van der Waals surface area contributed by atoms with E-state index in [0.717, 1.165) is 5.56 Å². The lowest BCUT2D eigenvalue weighted by Gasteiger charge is -2.50. The maximum atomic E-state index is 12.6. The van der Waals surface area contributed by atoms with E-state index in [1.165, 1.54) is 6.92 Å². The zero-order chi connectivity index (χ0) is 18.2. The predicted molar refractivity (Wildman–Crippen MR) is 94.8 cm³/mol. The molecule has 0 aromatic heterocycles. The lowest BCUT2D eigenvalue weighted by Crippen LogP contribution is -2.76. The van der Waals surface area contributed by atoms with Crippen LogP contribution in [0.2, 0.25) is 0 Å². The molecule has 6 nitrogen and oxygen atoms in total. The number of carbonyl (C=O) groups excluding carboxylic acids is 3. The van der Waals surface area contributed by atoms with E-state index in [1.807, 2.05) is 37.3 Å². The summed E-state index contributed by atoms with van der Waals surface area (Å²) in [6.07, 6.45) is 0.242. The first-order valence-corrected chi connectivity index (χ1v) is 9.09. The van der Waals surface area contributed by atoms with Crippen molar-refractivity contribution in [3.05, 3.63) is 35.9 Å². The third-order valence-corrected chi connectivity index (χ3v) is 6.34. The molecule has 0 spiro atoms. The van der Waals surface area contributed by atoms with Gasteiger partial charge in [-0.2, -0.15) is 0 Å². The van der Waals surface area contributed by atoms with E-state index < -0.39 is 5.54 Å². The fourth-order valence-electron chi connectivity index (χ4n) is 3.32. The van der Waals surface area contributed by atoms with Gasteiger partial charge < -0.3 is 15.0 Å². The molecular weight excluding hydrogens is 340 g/mol. The fourth-order valence-corrected chi connectivity index (χ4v) is 4.90. The summed E-state index contributed by atoms with van der Waals surface area (Å²) in [6.45, 7) is 5.87. The Hall–Kier alpha value is -2.02. The normalized spacial score (nSPS) is 30.4. The van der Waals surface area contributed by atoms with Crippen LogP contribution < -0.4 is 5.32 Å². The second-order valence-corrected chi connectivity index (χ2v) is 8.71. The Bertz CT molecular complexity index is 710. The van der Waals surface area contributed by atoms with Crippen LogP contribution in [0, 0.1) is 0 Å². The van der Waals surface area contributed by atoms with Gasteiger partial charge in [0.15, 0.2) is 0 Å². The van der Waals surface area contributed by atoms with Gasteiger partial charge in [0.25, 0.3) is 5.91 Å². The molecule has 0 unspecified atom stereocenters. The Morgan fingerprint density at radius 2 is 2.00 bits per heavy atom. The molecule has 25 heavy (non-hydrogen) atoms. The average Bonchev–Trinajstić information content (AvgIpc) is 2.90. The van der Waals surface area contributed by atoms with Crippen molar-refractivity contribution in [2.75, 3.05) is 13.2 Å². The quantitative estimate of drug-likeness (QED) is 0.632. The van der Waals surface area contributed by atoms with E-state index in [0.29, 0.717) is 6.54 Å². The summed E-state index contributed by atoms with van der Waals surface area (Å²) in [5.41, 5.74) is -0.00386. The Morgan fingerprint density at radius 3 is 2.64 bits per heavy atom. The SMILES string of the molecule is CC(=O)OC[C@@]1(C)CN2C(=O)[C@@](C)(NC(=O)Cc3ccccc3)[C@@H]2S1. The molecular formula is C18H22N2O4S. The molecule has 2 aliphatic rings. The largest absolute Gasteiger partial charge is 0.464 e. The smallest absolute Gasteiger partial charge is 0.302 e. The fraction of sp³-hybridized carbons (Fsp3) is 0.500. The average molecular weight is 362 g/mol. The number of hydrogen-bond donors (Lipinski definition) is 1. The third-order valence-electron chi connectivity index (χ3n) is 4.57. The van der Waals surface area contributed by atoms with Gasteiger partial charge in [0.2, 0.25) is 5.91 Å². The van der Waals surface area contributed by atoms with Crippen molar-refractivity contribution < 1.29 is 19.1 Å². The van der Waals surface area contributed by atoms with Gasteiger partial charge in [0.1, 0.15) is 17.5 Å². The standard InChI is InChI=1S/C18H22N2O4S/c1-12(21)24-11-17(2)10-20-15(23)18(3,16(20)25-17)19-14(22)9-13-7-5-4-6-8-13/h4-8,16H,9-11H2,1-3H3,(H,19,22)/t16-,17+,18+/m0/s1. The number of thioether (sulfide) groups is 1. The summed E-state index contributed by atoms with van der Waals surface area (Å²) in [5, 5.41) is 2.77. The van der Waals surface area contributed by atoms with Gasteiger partial charge in [-0.15, -0.1) is 11.8 Å². The summed E-state index contributed by atoms with van der Waals surface area (Å²) in [5.74, 6) is -0.588. The predicted octanol–water partition coefficient (Wildman–Crippen LogP) is 1.34. The zero-order valence-electron chi connectivity index (χ0n) is 14.6. The number of nitrogens with one attached hydrogen (secondary N) is 1. The minimum absolute atomic E-state index is 0.0852. The first-order chi connectivity index (χ1) is 11.7. The molecule has 0 aliphatic carbocycles.